The molecule has 1 unspecified atom stereocenters. The van der Waals surface area contributed by atoms with Crippen LogP contribution < -0.4 is 5.32 Å². The van der Waals surface area contributed by atoms with Crippen LogP contribution in [0.4, 0.5) is 4.39 Å². The molecule has 120 valence electrons. The van der Waals surface area contributed by atoms with Gasteiger partial charge in [-0.05, 0) is 48.2 Å². The van der Waals surface area contributed by atoms with Crippen LogP contribution in [0.1, 0.15) is 30.1 Å². The summed E-state index contributed by atoms with van der Waals surface area (Å²) in [6.07, 6.45) is 0.673. The van der Waals surface area contributed by atoms with E-state index >= 15 is 0 Å². The molecule has 1 amide bonds. The van der Waals surface area contributed by atoms with Crippen molar-refractivity contribution in [3.63, 3.8) is 0 Å². The maximum Gasteiger partial charge on any atom is 0.230 e. The van der Waals surface area contributed by atoms with Gasteiger partial charge in [0.15, 0.2) is 0 Å². The first-order valence-electron chi connectivity index (χ1n) is 7.49. The molecule has 0 spiro atoms. The number of nitrogens with one attached hydrogen (secondary N) is 1. The molecular formula is C18H17ClFNO2. The minimum absolute atomic E-state index is 0.0901. The third-order valence-electron chi connectivity index (χ3n) is 4.27. The van der Waals surface area contributed by atoms with E-state index in [1.165, 1.54) is 24.3 Å². The molecule has 0 bridgehead atoms. The van der Waals surface area contributed by atoms with Gasteiger partial charge in [0.1, 0.15) is 5.82 Å². The van der Waals surface area contributed by atoms with Gasteiger partial charge in [-0.1, -0.05) is 35.9 Å². The van der Waals surface area contributed by atoms with E-state index in [2.05, 4.69) is 5.32 Å². The minimum atomic E-state index is -0.866. The lowest BCUT2D eigenvalue weighted by Crippen LogP contribution is -2.37. The number of aliphatic hydroxyl groups is 1. The van der Waals surface area contributed by atoms with Crippen molar-refractivity contribution in [3.8, 4) is 0 Å². The standard InChI is InChI=1S/C18H17ClFNO2/c19-14-3-1-2-13(10-14)18(8-9-18)17(23)21-11-16(22)12-4-6-15(20)7-5-12/h1-7,10,16,22H,8-9,11H2,(H,21,23). The predicted octanol–water partition coefficient (Wildman–Crippen LogP) is 3.36. The first-order valence-corrected chi connectivity index (χ1v) is 7.87. The minimum Gasteiger partial charge on any atom is -0.387 e. The Morgan fingerprint density at radius 2 is 1.96 bits per heavy atom. The summed E-state index contributed by atoms with van der Waals surface area (Å²) in [5, 5.41) is 13.5. The third-order valence-corrected chi connectivity index (χ3v) is 4.51. The molecule has 0 aliphatic heterocycles. The predicted molar refractivity (Wildman–Crippen MR) is 86.7 cm³/mol. The van der Waals surface area contributed by atoms with E-state index < -0.39 is 11.5 Å². The average molecular weight is 334 g/mol. The lowest BCUT2D eigenvalue weighted by molar-refractivity contribution is -0.124. The Morgan fingerprint density at radius 3 is 2.57 bits per heavy atom. The van der Waals surface area contributed by atoms with Crippen LogP contribution in [-0.2, 0) is 10.2 Å². The number of aliphatic hydroxyl groups excluding tert-OH is 1. The van der Waals surface area contributed by atoms with Gasteiger partial charge in [0.05, 0.1) is 11.5 Å². The van der Waals surface area contributed by atoms with E-state index in [1.807, 2.05) is 18.2 Å². The zero-order valence-corrected chi connectivity index (χ0v) is 13.2. The quantitative estimate of drug-likeness (QED) is 0.881. The maximum atomic E-state index is 12.9. The number of carbonyl (C=O) groups is 1. The molecule has 1 saturated carbocycles. The summed E-state index contributed by atoms with van der Waals surface area (Å²) in [6.45, 7) is 0.0901. The van der Waals surface area contributed by atoms with Gasteiger partial charge in [-0.2, -0.15) is 0 Å². The fourth-order valence-corrected chi connectivity index (χ4v) is 2.91. The van der Waals surface area contributed by atoms with E-state index in [0.29, 0.717) is 10.6 Å². The Bertz CT molecular complexity index is 713. The number of carbonyl (C=O) groups excluding carboxylic acids is 1. The molecule has 0 saturated heterocycles. The van der Waals surface area contributed by atoms with Gasteiger partial charge in [0, 0.05) is 11.6 Å². The fraction of sp³-hybridized carbons (Fsp3) is 0.278. The number of amides is 1. The molecule has 1 fully saturated rings. The van der Waals surface area contributed by atoms with Crippen molar-refractivity contribution in [2.24, 2.45) is 0 Å². The van der Waals surface area contributed by atoms with Crippen LogP contribution in [0.3, 0.4) is 0 Å². The summed E-state index contributed by atoms with van der Waals surface area (Å²) in [6, 6.07) is 12.9. The van der Waals surface area contributed by atoms with Crippen molar-refractivity contribution in [3.05, 3.63) is 70.5 Å². The van der Waals surface area contributed by atoms with Gasteiger partial charge < -0.3 is 10.4 Å². The SMILES string of the molecule is O=C(NCC(O)c1ccc(F)cc1)C1(c2cccc(Cl)c2)CC1. The smallest absolute Gasteiger partial charge is 0.230 e. The topological polar surface area (TPSA) is 49.3 Å². The van der Waals surface area contributed by atoms with Crippen LogP contribution in [0.2, 0.25) is 5.02 Å². The van der Waals surface area contributed by atoms with Crippen molar-refractivity contribution in [1.82, 2.24) is 5.32 Å². The van der Waals surface area contributed by atoms with Crippen molar-refractivity contribution < 1.29 is 14.3 Å². The maximum absolute atomic E-state index is 12.9. The van der Waals surface area contributed by atoms with Gasteiger partial charge in [-0.3, -0.25) is 4.79 Å². The molecule has 2 aromatic rings. The van der Waals surface area contributed by atoms with Gasteiger partial charge in [0.25, 0.3) is 0 Å². The fourth-order valence-electron chi connectivity index (χ4n) is 2.72. The number of benzene rings is 2. The Kier molecular flexibility index (Phi) is 4.37. The van der Waals surface area contributed by atoms with Crippen LogP contribution in [-0.4, -0.2) is 17.6 Å². The largest absolute Gasteiger partial charge is 0.387 e. The average Bonchev–Trinajstić information content (AvgIpc) is 3.35. The highest BCUT2D eigenvalue weighted by Gasteiger charge is 2.51. The number of rotatable bonds is 5. The Morgan fingerprint density at radius 1 is 1.26 bits per heavy atom. The van der Waals surface area contributed by atoms with Crippen LogP contribution in [0.15, 0.2) is 48.5 Å². The monoisotopic (exact) mass is 333 g/mol. The molecular weight excluding hydrogens is 317 g/mol. The van der Waals surface area contributed by atoms with E-state index in [-0.39, 0.29) is 18.3 Å². The van der Waals surface area contributed by atoms with Crippen molar-refractivity contribution in [2.75, 3.05) is 6.54 Å². The van der Waals surface area contributed by atoms with Crippen molar-refractivity contribution in [1.29, 1.82) is 0 Å². The summed E-state index contributed by atoms with van der Waals surface area (Å²) in [5.41, 5.74) is 0.936. The summed E-state index contributed by atoms with van der Waals surface area (Å²) in [5.74, 6) is -0.469. The zero-order chi connectivity index (χ0) is 16.4. The highest BCUT2D eigenvalue weighted by molar-refractivity contribution is 6.30. The molecule has 1 aliphatic carbocycles. The summed E-state index contributed by atoms with van der Waals surface area (Å²) in [4.78, 5) is 12.5. The molecule has 1 aliphatic rings. The second-order valence-corrected chi connectivity index (χ2v) is 6.31. The van der Waals surface area contributed by atoms with E-state index in [9.17, 15) is 14.3 Å². The zero-order valence-electron chi connectivity index (χ0n) is 12.4. The van der Waals surface area contributed by atoms with Gasteiger partial charge in [0.2, 0.25) is 5.91 Å². The number of hydrogen-bond donors (Lipinski definition) is 2. The Balaban J connectivity index is 1.64. The molecule has 0 aromatic heterocycles. The van der Waals surface area contributed by atoms with Gasteiger partial charge in [-0.25, -0.2) is 4.39 Å². The van der Waals surface area contributed by atoms with E-state index in [4.69, 9.17) is 11.6 Å². The van der Waals surface area contributed by atoms with Gasteiger partial charge >= 0.3 is 0 Å². The van der Waals surface area contributed by atoms with Gasteiger partial charge in [-0.15, -0.1) is 0 Å². The van der Waals surface area contributed by atoms with Crippen LogP contribution in [0.5, 0.6) is 0 Å². The lowest BCUT2D eigenvalue weighted by Gasteiger charge is -2.18. The molecule has 3 rings (SSSR count). The highest BCUT2D eigenvalue weighted by atomic mass is 35.5. The molecule has 5 heteroatoms. The second-order valence-electron chi connectivity index (χ2n) is 5.87. The van der Waals surface area contributed by atoms with Crippen molar-refractivity contribution >= 4 is 17.5 Å². The van der Waals surface area contributed by atoms with Crippen LogP contribution in [0.25, 0.3) is 0 Å². The highest BCUT2D eigenvalue weighted by Crippen LogP contribution is 2.48. The first-order chi connectivity index (χ1) is 11.0. The number of hydrogen-bond acceptors (Lipinski definition) is 2. The molecule has 23 heavy (non-hydrogen) atoms. The normalized spacial score (nSPS) is 16.7. The summed E-state index contributed by atoms with van der Waals surface area (Å²) >= 11 is 6.00. The first kappa shape index (κ1) is 16.0. The molecule has 0 radical (unpaired) electrons. The molecule has 1 atom stereocenters. The molecule has 2 N–H and O–H groups in total. The second kappa shape index (κ2) is 6.30. The Labute approximate surface area is 139 Å². The van der Waals surface area contributed by atoms with Crippen molar-refractivity contribution in [2.45, 2.75) is 24.4 Å². The lowest BCUT2D eigenvalue weighted by atomic mass is 9.95. The molecule has 3 nitrogen and oxygen atoms in total. The summed E-state index contributed by atoms with van der Waals surface area (Å²) < 4.78 is 12.9. The van der Waals surface area contributed by atoms with E-state index in [0.717, 1.165) is 18.4 Å². The molecule has 0 heterocycles. The molecule has 2 aromatic carbocycles. The van der Waals surface area contributed by atoms with Crippen LogP contribution in [0, 0.1) is 5.82 Å². The summed E-state index contributed by atoms with van der Waals surface area (Å²) in [7, 11) is 0. The van der Waals surface area contributed by atoms with E-state index in [1.54, 1.807) is 6.07 Å². The van der Waals surface area contributed by atoms with Crippen LogP contribution >= 0.6 is 11.6 Å². The Hall–Kier alpha value is -1.91. The third kappa shape index (κ3) is 3.38. The number of halogens is 2.